The number of amides is 2. The van der Waals surface area contributed by atoms with Gasteiger partial charge in [-0.15, -0.1) is 0 Å². The Morgan fingerprint density at radius 1 is 1.08 bits per heavy atom. The molecule has 0 heterocycles. The minimum Gasteiger partial charge on any atom is -0.465 e. The summed E-state index contributed by atoms with van der Waals surface area (Å²) in [6, 6.07) is 12.3. The van der Waals surface area contributed by atoms with Crippen LogP contribution in [-0.2, 0) is 0 Å². The molecule has 0 unspecified atom stereocenters. The highest BCUT2D eigenvalue weighted by molar-refractivity contribution is 6.68. The maximum atomic E-state index is 12.3. The Balaban J connectivity index is 2.26. The molecule has 0 aliphatic heterocycles. The Bertz CT molecular complexity index is 793. The first-order valence-electron chi connectivity index (χ1n) is 6.87. The van der Waals surface area contributed by atoms with Crippen molar-refractivity contribution in [3.8, 4) is 5.75 Å². The highest BCUT2D eigenvalue weighted by atomic mass is 35.6. The normalized spacial score (nSPS) is 12.3. The molecule has 2 amide bonds. The molecule has 5 nitrogen and oxygen atoms in total. The van der Waals surface area contributed by atoms with Crippen LogP contribution in [0, 0.1) is 0 Å². The second kappa shape index (κ2) is 8.15. The molecule has 0 saturated carbocycles. The fourth-order valence-corrected chi connectivity index (χ4v) is 2.40. The first-order chi connectivity index (χ1) is 11.7. The van der Waals surface area contributed by atoms with Crippen LogP contribution in [0.4, 0.5) is 0 Å². The molecule has 2 aromatic carbocycles. The lowest BCUT2D eigenvalue weighted by Crippen LogP contribution is -2.48. The van der Waals surface area contributed by atoms with Crippen LogP contribution in [-0.4, -0.2) is 21.8 Å². The van der Waals surface area contributed by atoms with E-state index < -0.39 is 21.8 Å². The number of hydrogen-bond donors (Lipinski definition) is 2. The molecule has 0 aromatic heterocycles. The summed E-state index contributed by atoms with van der Waals surface area (Å²) in [6.45, 7) is 0. The summed E-state index contributed by atoms with van der Waals surface area (Å²) < 4.78 is 3.52. The van der Waals surface area contributed by atoms with Crippen molar-refractivity contribution in [3.63, 3.8) is 0 Å². The molecule has 0 aliphatic rings. The lowest BCUT2D eigenvalue weighted by Gasteiger charge is -2.27. The van der Waals surface area contributed by atoms with Gasteiger partial charge in [0.05, 0.1) is 5.56 Å². The summed E-state index contributed by atoms with van der Waals surface area (Å²) in [6.07, 6.45) is -1.38. The number of primary amides is 1. The van der Waals surface area contributed by atoms with Crippen molar-refractivity contribution in [2.45, 2.75) is 10.0 Å². The van der Waals surface area contributed by atoms with Crippen LogP contribution in [0.15, 0.2) is 48.5 Å². The van der Waals surface area contributed by atoms with E-state index in [-0.39, 0.29) is 16.9 Å². The predicted molar refractivity (Wildman–Crippen MR) is 98.6 cm³/mol. The Morgan fingerprint density at radius 2 is 1.76 bits per heavy atom. The SMILES string of the molecule is NC(=O)c1ccccc1O[C@H](NC(=O)c1cccc(Cl)c1)C(Cl)(Cl)Cl. The number of carbonyl (C=O) groups is 2. The van der Waals surface area contributed by atoms with Crippen LogP contribution in [0.25, 0.3) is 0 Å². The zero-order chi connectivity index (χ0) is 18.6. The molecule has 1 atom stereocenters. The van der Waals surface area contributed by atoms with Crippen molar-refractivity contribution >= 4 is 58.2 Å². The van der Waals surface area contributed by atoms with Crippen molar-refractivity contribution in [2.75, 3.05) is 0 Å². The molecule has 2 rings (SSSR count). The number of para-hydroxylation sites is 1. The van der Waals surface area contributed by atoms with Crippen LogP contribution >= 0.6 is 46.4 Å². The number of halogens is 4. The molecule has 0 saturated heterocycles. The maximum Gasteiger partial charge on any atom is 0.254 e. The van der Waals surface area contributed by atoms with E-state index in [0.717, 1.165) is 0 Å². The average molecular weight is 422 g/mol. The van der Waals surface area contributed by atoms with E-state index in [1.165, 1.54) is 24.3 Å². The zero-order valence-corrected chi connectivity index (χ0v) is 15.5. The first-order valence-corrected chi connectivity index (χ1v) is 8.38. The molecular weight excluding hydrogens is 410 g/mol. The van der Waals surface area contributed by atoms with E-state index >= 15 is 0 Å². The van der Waals surface area contributed by atoms with Crippen LogP contribution in [0.5, 0.6) is 5.75 Å². The number of nitrogens with one attached hydrogen (secondary N) is 1. The van der Waals surface area contributed by atoms with Crippen LogP contribution in [0.3, 0.4) is 0 Å². The number of nitrogens with two attached hydrogens (primary N) is 1. The van der Waals surface area contributed by atoms with Crippen molar-refractivity contribution < 1.29 is 14.3 Å². The lowest BCUT2D eigenvalue weighted by atomic mass is 10.2. The first kappa shape index (κ1) is 19.7. The summed E-state index contributed by atoms with van der Waals surface area (Å²) in [5.41, 5.74) is 5.62. The third-order valence-corrected chi connectivity index (χ3v) is 3.87. The van der Waals surface area contributed by atoms with Crippen molar-refractivity contribution in [2.24, 2.45) is 5.73 Å². The third kappa shape index (κ3) is 5.41. The maximum absolute atomic E-state index is 12.3. The molecule has 0 aliphatic carbocycles. The number of alkyl halides is 3. The molecule has 25 heavy (non-hydrogen) atoms. The summed E-state index contributed by atoms with van der Waals surface area (Å²) in [7, 11) is 0. The number of ether oxygens (including phenoxy) is 1. The molecule has 0 spiro atoms. The molecule has 2 aromatic rings. The quantitative estimate of drug-likeness (QED) is 0.566. The standard InChI is InChI=1S/C16H12Cl4N2O3/c17-10-5-3-4-9(8-10)14(24)22-15(16(18,19)20)25-12-7-2-1-6-11(12)13(21)23/h1-8,15H,(H2,21,23)(H,22,24)/t15-/m0/s1. The van der Waals surface area contributed by atoms with Crippen molar-refractivity contribution in [3.05, 3.63) is 64.7 Å². The van der Waals surface area contributed by atoms with Gasteiger partial charge >= 0.3 is 0 Å². The Morgan fingerprint density at radius 3 is 2.36 bits per heavy atom. The zero-order valence-electron chi connectivity index (χ0n) is 12.5. The molecule has 3 N–H and O–H groups in total. The predicted octanol–water partition coefficient (Wildman–Crippen LogP) is 3.94. The summed E-state index contributed by atoms with van der Waals surface area (Å²) in [4.78, 5) is 23.8. The second-order valence-corrected chi connectivity index (χ2v) is 7.69. The Kier molecular flexibility index (Phi) is 6.41. The highest BCUT2D eigenvalue weighted by Gasteiger charge is 2.37. The van der Waals surface area contributed by atoms with E-state index in [1.807, 2.05) is 0 Å². The molecule has 0 bridgehead atoms. The number of rotatable bonds is 5. The van der Waals surface area contributed by atoms with Gasteiger partial charge in [0.2, 0.25) is 10.0 Å². The van der Waals surface area contributed by atoms with Gasteiger partial charge in [0.1, 0.15) is 5.75 Å². The van der Waals surface area contributed by atoms with Gasteiger partial charge in [0, 0.05) is 10.6 Å². The molecule has 9 heteroatoms. The third-order valence-electron chi connectivity index (χ3n) is 3.04. The van der Waals surface area contributed by atoms with Gasteiger partial charge in [-0.05, 0) is 30.3 Å². The second-order valence-electron chi connectivity index (χ2n) is 4.88. The van der Waals surface area contributed by atoms with Crippen molar-refractivity contribution in [1.82, 2.24) is 5.32 Å². The fourth-order valence-electron chi connectivity index (χ4n) is 1.91. The summed E-state index contributed by atoms with van der Waals surface area (Å²) >= 11 is 23.5. The van der Waals surface area contributed by atoms with Gasteiger partial charge in [0.25, 0.3) is 11.8 Å². The molecule has 0 fully saturated rings. The van der Waals surface area contributed by atoms with Gasteiger partial charge in [-0.25, -0.2) is 0 Å². The van der Waals surface area contributed by atoms with Crippen LogP contribution < -0.4 is 15.8 Å². The van der Waals surface area contributed by atoms with E-state index in [0.29, 0.717) is 5.02 Å². The van der Waals surface area contributed by atoms with E-state index in [1.54, 1.807) is 24.3 Å². The van der Waals surface area contributed by atoms with Gasteiger partial charge in [-0.2, -0.15) is 0 Å². The van der Waals surface area contributed by atoms with Crippen LogP contribution in [0.2, 0.25) is 5.02 Å². The van der Waals surface area contributed by atoms with E-state index in [9.17, 15) is 9.59 Å². The molecule has 0 radical (unpaired) electrons. The summed E-state index contributed by atoms with van der Waals surface area (Å²) in [5.74, 6) is -1.23. The minimum absolute atomic E-state index is 0.0673. The van der Waals surface area contributed by atoms with Gasteiger partial charge in [-0.1, -0.05) is 64.6 Å². The van der Waals surface area contributed by atoms with Crippen LogP contribution in [0.1, 0.15) is 20.7 Å². The summed E-state index contributed by atoms with van der Waals surface area (Å²) in [5, 5.41) is 2.82. The minimum atomic E-state index is -2.01. The molecule has 132 valence electrons. The van der Waals surface area contributed by atoms with Gasteiger partial charge in [0.15, 0.2) is 0 Å². The van der Waals surface area contributed by atoms with Crippen molar-refractivity contribution in [1.29, 1.82) is 0 Å². The van der Waals surface area contributed by atoms with Gasteiger partial charge < -0.3 is 15.8 Å². The Labute approximate surface area is 163 Å². The van der Waals surface area contributed by atoms with E-state index in [4.69, 9.17) is 56.9 Å². The largest absolute Gasteiger partial charge is 0.465 e. The van der Waals surface area contributed by atoms with Gasteiger partial charge in [-0.3, -0.25) is 9.59 Å². The number of carbonyl (C=O) groups excluding carboxylic acids is 2. The van der Waals surface area contributed by atoms with E-state index in [2.05, 4.69) is 5.32 Å². The highest BCUT2D eigenvalue weighted by Crippen LogP contribution is 2.33. The Hall–Kier alpha value is -1.66. The number of benzene rings is 2. The average Bonchev–Trinajstić information content (AvgIpc) is 2.53. The topological polar surface area (TPSA) is 81.4 Å². The lowest BCUT2D eigenvalue weighted by molar-refractivity contribution is 0.0830. The number of hydrogen-bond acceptors (Lipinski definition) is 3. The molecular formula is C16H12Cl4N2O3. The fraction of sp³-hybridized carbons (Fsp3) is 0.125. The monoisotopic (exact) mass is 420 g/mol. The smallest absolute Gasteiger partial charge is 0.254 e.